The summed E-state index contributed by atoms with van der Waals surface area (Å²) in [4.78, 5) is 0. The molecule has 4 nitrogen and oxygen atoms in total. The molecule has 0 heterocycles. The molecule has 0 aliphatic heterocycles. The predicted octanol–water partition coefficient (Wildman–Crippen LogP) is 1.88. The van der Waals surface area contributed by atoms with E-state index >= 15 is 0 Å². The van der Waals surface area contributed by atoms with Gasteiger partial charge >= 0.3 is 0 Å². The Morgan fingerprint density at radius 1 is 1.10 bits per heavy atom. The zero-order valence-electron chi connectivity index (χ0n) is 12.5. The van der Waals surface area contributed by atoms with Crippen LogP contribution in [0.3, 0.4) is 0 Å². The van der Waals surface area contributed by atoms with Crippen molar-refractivity contribution < 1.29 is 14.9 Å². The van der Waals surface area contributed by atoms with Crippen LogP contribution in [0, 0.1) is 0 Å². The summed E-state index contributed by atoms with van der Waals surface area (Å²) in [5.41, 5.74) is 1.10. The average Bonchev–Trinajstić information content (AvgIpc) is 2.46. The van der Waals surface area contributed by atoms with Gasteiger partial charge in [-0.3, -0.25) is 0 Å². The quantitative estimate of drug-likeness (QED) is 0.613. The second kappa shape index (κ2) is 9.88. The maximum atomic E-state index is 9.82. The lowest BCUT2D eigenvalue weighted by Crippen LogP contribution is -2.35. The van der Waals surface area contributed by atoms with Crippen molar-refractivity contribution in [1.82, 2.24) is 5.32 Å². The predicted molar refractivity (Wildman–Crippen MR) is 80.6 cm³/mol. The summed E-state index contributed by atoms with van der Waals surface area (Å²) < 4.78 is 5.64. The van der Waals surface area contributed by atoms with Gasteiger partial charge in [-0.1, -0.05) is 43.7 Å². The minimum Gasteiger partial charge on any atom is -0.392 e. The lowest BCUT2D eigenvalue weighted by Gasteiger charge is -2.18. The first-order chi connectivity index (χ1) is 9.63. The van der Waals surface area contributed by atoms with Crippen molar-refractivity contribution >= 4 is 0 Å². The van der Waals surface area contributed by atoms with E-state index in [1.54, 1.807) is 0 Å². The largest absolute Gasteiger partial charge is 0.392 e. The number of aliphatic hydroxyl groups excluding tert-OH is 2. The minimum absolute atomic E-state index is 0.0310. The van der Waals surface area contributed by atoms with E-state index < -0.39 is 6.10 Å². The molecule has 20 heavy (non-hydrogen) atoms. The molecule has 0 spiro atoms. The Labute approximate surface area is 121 Å². The summed E-state index contributed by atoms with van der Waals surface area (Å²) >= 11 is 0. The Balaban J connectivity index is 2.15. The third-order valence-corrected chi connectivity index (χ3v) is 3.19. The standard InChI is InChI=1S/C16H27NO3/c1-3-7-15(18)10-17-11-16(19)12-20-13(2)14-8-5-4-6-9-14/h4-6,8-9,13,15-19H,3,7,10-12H2,1-2H3. The van der Waals surface area contributed by atoms with Gasteiger partial charge in [0, 0.05) is 13.1 Å². The number of ether oxygens (including phenoxy) is 1. The van der Waals surface area contributed by atoms with Crippen LogP contribution < -0.4 is 5.32 Å². The Morgan fingerprint density at radius 2 is 1.75 bits per heavy atom. The zero-order valence-corrected chi connectivity index (χ0v) is 12.5. The lowest BCUT2D eigenvalue weighted by molar-refractivity contribution is -0.00295. The first-order valence-electron chi connectivity index (χ1n) is 7.36. The van der Waals surface area contributed by atoms with Gasteiger partial charge < -0.3 is 20.3 Å². The van der Waals surface area contributed by atoms with Gasteiger partial charge in [0.25, 0.3) is 0 Å². The van der Waals surface area contributed by atoms with Gasteiger partial charge in [-0.2, -0.15) is 0 Å². The van der Waals surface area contributed by atoms with E-state index in [0.29, 0.717) is 13.1 Å². The average molecular weight is 281 g/mol. The molecule has 0 amide bonds. The minimum atomic E-state index is -0.560. The van der Waals surface area contributed by atoms with Gasteiger partial charge in [0.15, 0.2) is 0 Å². The third-order valence-electron chi connectivity index (χ3n) is 3.19. The van der Waals surface area contributed by atoms with Crippen LogP contribution in [0.5, 0.6) is 0 Å². The second-order valence-electron chi connectivity index (χ2n) is 5.14. The van der Waals surface area contributed by atoms with Crippen molar-refractivity contribution in [1.29, 1.82) is 0 Å². The van der Waals surface area contributed by atoms with Crippen LogP contribution in [0.15, 0.2) is 30.3 Å². The maximum Gasteiger partial charge on any atom is 0.0897 e. The molecule has 3 N–H and O–H groups in total. The highest BCUT2D eigenvalue weighted by atomic mass is 16.5. The highest BCUT2D eigenvalue weighted by Gasteiger charge is 2.10. The summed E-state index contributed by atoms with van der Waals surface area (Å²) in [6.07, 6.45) is 0.816. The Kier molecular flexibility index (Phi) is 8.46. The number of hydrogen-bond donors (Lipinski definition) is 3. The Hall–Kier alpha value is -0.940. The van der Waals surface area contributed by atoms with Crippen molar-refractivity contribution in [3.8, 4) is 0 Å². The molecule has 0 fully saturated rings. The van der Waals surface area contributed by atoms with E-state index in [1.807, 2.05) is 44.2 Å². The molecular weight excluding hydrogens is 254 g/mol. The van der Waals surface area contributed by atoms with Crippen molar-refractivity contribution in [3.63, 3.8) is 0 Å². The monoisotopic (exact) mass is 281 g/mol. The smallest absolute Gasteiger partial charge is 0.0897 e. The van der Waals surface area contributed by atoms with Gasteiger partial charge in [-0.05, 0) is 18.9 Å². The summed E-state index contributed by atoms with van der Waals surface area (Å²) in [5, 5.41) is 22.4. The molecule has 1 aromatic carbocycles. The number of benzene rings is 1. The van der Waals surface area contributed by atoms with Gasteiger partial charge in [-0.15, -0.1) is 0 Å². The van der Waals surface area contributed by atoms with Crippen molar-refractivity contribution in [2.45, 2.75) is 45.0 Å². The molecule has 0 aromatic heterocycles. The first-order valence-corrected chi connectivity index (χ1v) is 7.36. The van der Waals surface area contributed by atoms with E-state index in [0.717, 1.165) is 18.4 Å². The van der Waals surface area contributed by atoms with E-state index in [4.69, 9.17) is 4.74 Å². The van der Waals surface area contributed by atoms with Crippen LogP contribution in [0.4, 0.5) is 0 Å². The van der Waals surface area contributed by atoms with Crippen LogP contribution in [0.25, 0.3) is 0 Å². The highest BCUT2D eigenvalue weighted by Crippen LogP contribution is 2.15. The molecule has 0 aliphatic rings. The normalized spacial score (nSPS) is 15.8. The highest BCUT2D eigenvalue weighted by molar-refractivity contribution is 5.16. The van der Waals surface area contributed by atoms with Gasteiger partial charge in [-0.25, -0.2) is 0 Å². The third kappa shape index (κ3) is 7.01. The molecule has 0 bridgehead atoms. The SMILES string of the molecule is CCCC(O)CNCC(O)COC(C)c1ccccc1. The molecule has 0 aliphatic carbocycles. The molecule has 0 radical (unpaired) electrons. The molecule has 0 saturated carbocycles. The van der Waals surface area contributed by atoms with Gasteiger partial charge in [0.1, 0.15) is 0 Å². The Morgan fingerprint density at radius 3 is 2.40 bits per heavy atom. The maximum absolute atomic E-state index is 9.82. The van der Waals surface area contributed by atoms with E-state index in [2.05, 4.69) is 5.32 Å². The summed E-state index contributed by atoms with van der Waals surface area (Å²) in [7, 11) is 0. The number of nitrogens with one attached hydrogen (secondary N) is 1. The van der Waals surface area contributed by atoms with Gasteiger partial charge in [0.05, 0.1) is 24.9 Å². The first kappa shape index (κ1) is 17.1. The van der Waals surface area contributed by atoms with Crippen LogP contribution in [0.2, 0.25) is 0 Å². The molecule has 4 heteroatoms. The summed E-state index contributed by atoms with van der Waals surface area (Å²) in [5.74, 6) is 0. The van der Waals surface area contributed by atoms with E-state index in [-0.39, 0.29) is 18.8 Å². The molecule has 3 unspecified atom stereocenters. The van der Waals surface area contributed by atoms with E-state index in [9.17, 15) is 10.2 Å². The molecular formula is C16H27NO3. The van der Waals surface area contributed by atoms with Crippen LogP contribution in [-0.2, 0) is 4.74 Å². The second-order valence-corrected chi connectivity index (χ2v) is 5.14. The van der Waals surface area contributed by atoms with E-state index in [1.165, 1.54) is 0 Å². The topological polar surface area (TPSA) is 61.7 Å². The number of hydrogen-bond acceptors (Lipinski definition) is 4. The fourth-order valence-corrected chi connectivity index (χ4v) is 1.99. The fraction of sp³-hybridized carbons (Fsp3) is 0.625. The fourth-order valence-electron chi connectivity index (χ4n) is 1.99. The Bertz CT molecular complexity index is 345. The molecule has 3 atom stereocenters. The van der Waals surface area contributed by atoms with Crippen molar-refractivity contribution in [3.05, 3.63) is 35.9 Å². The molecule has 114 valence electrons. The summed E-state index contributed by atoms with van der Waals surface area (Å²) in [6, 6.07) is 9.94. The van der Waals surface area contributed by atoms with Crippen LogP contribution in [-0.4, -0.2) is 42.1 Å². The van der Waals surface area contributed by atoms with Crippen molar-refractivity contribution in [2.75, 3.05) is 19.7 Å². The van der Waals surface area contributed by atoms with Gasteiger partial charge in [0.2, 0.25) is 0 Å². The van der Waals surface area contributed by atoms with Crippen molar-refractivity contribution in [2.24, 2.45) is 0 Å². The number of rotatable bonds is 10. The number of aliphatic hydroxyl groups is 2. The molecule has 1 rings (SSSR count). The molecule has 1 aromatic rings. The summed E-state index contributed by atoms with van der Waals surface area (Å²) in [6.45, 7) is 5.24. The molecule has 0 saturated heterocycles. The van der Waals surface area contributed by atoms with Crippen LogP contribution >= 0.6 is 0 Å². The van der Waals surface area contributed by atoms with Crippen LogP contribution in [0.1, 0.15) is 38.4 Å². The zero-order chi connectivity index (χ0) is 14.8. The lowest BCUT2D eigenvalue weighted by atomic mass is 10.1.